The topological polar surface area (TPSA) is 37.3 Å². The monoisotopic (exact) mass is 208 g/mol. The lowest BCUT2D eigenvalue weighted by Crippen LogP contribution is -2.40. The Morgan fingerprint density at radius 2 is 1.86 bits per heavy atom. The Kier molecular flexibility index (Phi) is 2.80. The van der Waals surface area contributed by atoms with Crippen molar-refractivity contribution in [1.29, 1.82) is 0 Å². The minimum atomic E-state index is -1.42. The van der Waals surface area contributed by atoms with Gasteiger partial charge in [-0.1, -0.05) is 37.0 Å². The molecule has 0 atom stereocenters. The molecule has 0 amide bonds. The van der Waals surface area contributed by atoms with Gasteiger partial charge in [0.15, 0.2) is 0 Å². The second kappa shape index (κ2) is 3.57. The highest BCUT2D eigenvalue weighted by Crippen LogP contribution is 2.11. The van der Waals surface area contributed by atoms with E-state index in [1.54, 1.807) is 6.07 Å². The first-order chi connectivity index (χ1) is 6.34. The zero-order chi connectivity index (χ0) is 10.9. The van der Waals surface area contributed by atoms with Crippen LogP contribution in [0.25, 0.3) is 0 Å². The molecule has 0 saturated heterocycles. The highest BCUT2D eigenvalue weighted by Gasteiger charge is 2.21. The molecule has 1 aromatic carbocycles. The third-order valence-corrected chi connectivity index (χ3v) is 4.53. The average molecular weight is 208 g/mol. The van der Waals surface area contributed by atoms with Crippen molar-refractivity contribution in [2.45, 2.75) is 26.6 Å². The Morgan fingerprint density at radius 3 is 2.29 bits per heavy atom. The van der Waals surface area contributed by atoms with E-state index in [0.29, 0.717) is 5.56 Å². The number of carbonyl (C=O) groups is 1. The van der Waals surface area contributed by atoms with E-state index in [9.17, 15) is 4.79 Å². The van der Waals surface area contributed by atoms with Gasteiger partial charge in [-0.2, -0.15) is 0 Å². The molecule has 0 unspecified atom stereocenters. The molecule has 0 heterocycles. The van der Waals surface area contributed by atoms with Gasteiger partial charge < -0.3 is 5.11 Å². The minimum absolute atomic E-state index is 0.435. The van der Waals surface area contributed by atoms with E-state index in [-0.39, 0.29) is 0 Å². The first-order valence-electron chi connectivity index (χ1n) is 4.67. The molecule has 1 N–H and O–H groups in total. The van der Waals surface area contributed by atoms with Crippen LogP contribution in [0, 0.1) is 6.92 Å². The molecule has 1 aromatic rings. The number of carboxylic acid groups (broad SMARTS) is 1. The van der Waals surface area contributed by atoms with Crippen molar-refractivity contribution >= 4 is 19.2 Å². The Morgan fingerprint density at radius 1 is 1.29 bits per heavy atom. The number of rotatable bonds is 2. The maximum Gasteiger partial charge on any atom is 0.335 e. The summed E-state index contributed by atoms with van der Waals surface area (Å²) in [5.41, 5.74) is 1.36. The molecule has 0 bridgehead atoms. The molecule has 0 aliphatic rings. The van der Waals surface area contributed by atoms with Crippen molar-refractivity contribution < 1.29 is 9.90 Å². The summed E-state index contributed by atoms with van der Waals surface area (Å²) >= 11 is 0. The Labute approximate surface area is 85.6 Å². The third-order valence-electron chi connectivity index (χ3n) is 2.37. The second-order valence-corrected chi connectivity index (χ2v) is 9.57. The van der Waals surface area contributed by atoms with Crippen LogP contribution >= 0.6 is 0 Å². The highest BCUT2D eigenvalue weighted by atomic mass is 28.3. The second-order valence-electron chi connectivity index (χ2n) is 4.53. The predicted molar refractivity (Wildman–Crippen MR) is 61.1 cm³/mol. The zero-order valence-electron chi connectivity index (χ0n) is 9.09. The minimum Gasteiger partial charge on any atom is -0.478 e. The van der Waals surface area contributed by atoms with E-state index in [2.05, 4.69) is 19.6 Å². The van der Waals surface area contributed by atoms with Gasteiger partial charge in [0.2, 0.25) is 0 Å². The number of carboxylic acids is 1. The average Bonchev–Trinajstić information content (AvgIpc) is 2.01. The number of aromatic carboxylic acids is 1. The summed E-state index contributed by atoms with van der Waals surface area (Å²) in [6.45, 7) is 8.57. The smallest absolute Gasteiger partial charge is 0.335 e. The van der Waals surface area contributed by atoms with Crippen LogP contribution in [-0.4, -0.2) is 19.1 Å². The summed E-state index contributed by atoms with van der Waals surface area (Å²) in [7, 11) is -1.42. The molecule has 1 rings (SSSR count). The molecule has 0 saturated carbocycles. The van der Waals surface area contributed by atoms with Crippen molar-refractivity contribution in [3.8, 4) is 0 Å². The van der Waals surface area contributed by atoms with E-state index in [0.717, 1.165) is 5.56 Å². The van der Waals surface area contributed by atoms with Gasteiger partial charge in [0.05, 0.1) is 13.6 Å². The third kappa shape index (κ3) is 2.04. The van der Waals surface area contributed by atoms with Gasteiger partial charge >= 0.3 is 5.97 Å². The molecule has 0 fully saturated rings. The Balaban J connectivity index is 3.35. The van der Waals surface area contributed by atoms with Crippen LogP contribution in [0.4, 0.5) is 0 Å². The summed E-state index contributed by atoms with van der Waals surface area (Å²) in [6, 6.07) is 5.55. The number of hydrogen-bond acceptors (Lipinski definition) is 1. The molecular formula is C11H16O2Si. The Hall–Kier alpha value is -1.09. The normalized spacial score (nSPS) is 11.4. The van der Waals surface area contributed by atoms with E-state index in [1.165, 1.54) is 5.19 Å². The lowest BCUT2D eigenvalue weighted by Gasteiger charge is -2.20. The Bertz CT molecular complexity index is 364. The molecule has 0 spiro atoms. The van der Waals surface area contributed by atoms with Crippen molar-refractivity contribution in [3.05, 3.63) is 29.3 Å². The van der Waals surface area contributed by atoms with Crippen molar-refractivity contribution in [3.63, 3.8) is 0 Å². The molecule has 76 valence electrons. The van der Waals surface area contributed by atoms with Crippen LogP contribution in [0.1, 0.15) is 15.9 Å². The summed E-state index contributed by atoms with van der Waals surface area (Å²) in [5, 5.41) is 10.2. The quantitative estimate of drug-likeness (QED) is 0.757. The molecular weight excluding hydrogens is 192 g/mol. The van der Waals surface area contributed by atoms with Gasteiger partial charge in [0.1, 0.15) is 0 Å². The molecule has 0 radical (unpaired) electrons. The summed E-state index contributed by atoms with van der Waals surface area (Å²) < 4.78 is 0. The van der Waals surface area contributed by atoms with Gasteiger partial charge in [0.25, 0.3) is 0 Å². The van der Waals surface area contributed by atoms with Crippen LogP contribution in [0.5, 0.6) is 0 Å². The zero-order valence-corrected chi connectivity index (χ0v) is 10.1. The van der Waals surface area contributed by atoms with E-state index < -0.39 is 14.0 Å². The molecule has 0 aliphatic heterocycles. The van der Waals surface area contributed by atoms with Gasteiger partial charge in [0, 0.05) is 0 Å². The predicted octanol–water partition coefficient (Wildman–Crippen LogP) is 2.24. The molecule has 2 nitrogen and oxygen atoms in total. The summed E-state index contributed by atoms with van der Waals surface area (Å²) in [4.78, 5) is 10.9. The van der Waals surface area contributed by atoms with E-state index >= 15 is 0 Å². The fourth-order valence-corrected chi connectivity index (χ4v) is 3.54. The van der Waals surface area contributed by atoms with Crippen molar-refractivity contribution in [1.82, 2.24) is 0 Å². The van der Waals surface area contributed by atoms with E-state index in [1.807, 2.05) is 19.1 Å². The summed E-state index contributed by atoms with van der Waals surface area (Å²) in [5.74, 6) is -0.831. The van der Waals surface area contributed by atoms with Gasteiger partial charge in [-0.3, -0.25) is 0 Å². The first kappa shape index (κ1) is 11.0. The SMILES string of the molecule is Cc1c(C(=O)O)cccc1[Si](C)(C)C. The first-order valence-corrected chi connectivity index (χ1v) is 8.17. The molecule has 3 heteroatoms. The number of hydrogen-bond donors (Lipinski definition) is 1. The van der Waals surface area contributed by atoms with Gasteiger partial charge in [-0.25, -0.2) is 4.79 Å². The lowest BCUT2D eigenvalue weighted by molar-refractivity contribution is 0.0696. The number of benzene rings is 1. The van der Waals surface area contributed by atoms with E-state index in [4.69, 9.17) is 5.11 Å². The van der Waals surface area contributed by atoms with Crippen molar-refractivity contribution in [2.75, 3.05) is 0 Å². The summed E-state index contributed by atoms with van der Waals surface area (Å²) in [6.07, 6.45) is 0. The van der Waals surface area contributed by atoms with Crippen LogP contribution in [0.2, 0.25) is 19.6 Å². The fraction of sp³-hybridized carbons (Fsp3) is 0.364. The molecule has 0 aromatic heterocycles. The largest absolute Gasteiger partial charge is 0.478 e. The highest BCUT2D eigenvalue weighted by molar-refractivity contribution is 6.89. The fourth-order valence-electron chi connectivity index (χ4n) is 1.68. The van der Waals surface area contributed by atoms with Crippen LogP contribution in [0.15, 0.2) is 18.2 Å². The van der Waals surface area contributed by atoms with Crippen LogP contribution in [0.3, 0.4) is 0 Å². The van der Waals surface area contributed by atoms with Crippen molar-refractivity contribution in [2.24, 2.45) is 0 Å². The maximum absolute atomic E-state index is 10.9. The van der Waals surface area contributed by atoms with Crippen LogP contribution < -0.4 is 5.19 Å². The maximum atomic E-state index is 10.9. The van der Waals surface area contributed by atoms with Crippen LogP contribution in [-0.2, 0) is 0 Å². The molecule has 14 heavy (non-hydrogen) atoms. The lowest BCUT2D eigenvalue weighted by atomic mass is 10.1. The van der Waals surface area contributed by atoms with Gasteiger partial charge in [-0.05, 0) is 18.6 Å². The van der Waals surface area contributed by atoms with Gasteiger partial charge in [-0.15, -0.1) is 0 Å². The molecule has 0 aliphatic carbocycles. The standard InChI is InChI=1S/C11H16O2Si/c1-8-9(11(12)13)6-5-7-10(8)14(2,3)4/h5-7H,1-4H3,(H,12,13).